The highest BCUT2D eigenvalue weighted by atomic mass is 32.2. The summed E-state index contributed by atoms with van der Waals surface area (Å²) in [4.78, 5) is 13.5. The Hall–Kier alpha value is -0.880. The van der Waals surface area contributed by atoms with Gasteiger partial charge in [0.2, 0.25) is 5.91 Å². The molecule has 0 aromatic heterocycles. The number of allylic oxidation sites excluding steroid dienone is 1. The number of unbranched alkanes of at least 4 members (excludes halogenated alkanes) is 14. The third-order valence-corrected chi connectivity index (χ3v) is 6.06. The second-order valence-electron chi connectivity index (χ2n) is 8.19. The molecule has 0 saturated carbocycles. The van der Waals surface area contributed by atoms with Gasteiger partial charge in [-0.15, -0.1) is 0 Å². The lowest BCUT2D eigenvalue weighted by Crippen LogP contribution is -2.26. The summed E-state index contributed by atoms with van der Waals surface area (Å²) in [5.41, 5.74) is 0. The fraction of sp³-hybridized carbons (Fsp3) is 0.870. The standard InChI is InChI=1S/C23H45NO4S/c1-3-4-5-6-7-8-9-10-11-12-13-14-15-16-17-20-23(25)24(2)21-18-19-22-29(26,27)28/h17,20H,3-16,18-19,21-22H2,1-2H3,(H,26,27,28)/b20-17+. The smallest absolute Gasteiger partial charge is 0.264 e. The molecule has 0 atom stereocenters. The van der Waals surface area contributed by atoms with E-state index in [0.29, 0.717) is 19.4 Å². The number of nitrogens with zero attached hydrogens (tertiary/aromatic N) is 1. The van der Waals surface area contributed by atoms with Crippen LogP contribution in [0.25, 0.3) is 0 Å². The van der Waals surface area contributed by atoms with Crippen molar-refractivity contribution >= 4 is 16.0 Å². The molecule has 5 nitrogen and oxygen atoms in total. The molecule has 0 spiro atoms. The summed E-state index contributed by atoms with van der Waals surface area (Å²) < 4.78 is 30.0. The largest absolute Gasteiger partial charge is 0.342 e. The van der Waals surface area contributed by atoms with Crippen molar-refractivity contribution in [1.29, 1.82) is 0 Å². The molecule has 0 aromatic carbocycles. The number of carbonyl (C=O) groups excluding carboxylic acids is 1. The number of hydrogen-bond donors (Lipinski definition) is 1. The molecule has 0 aliphatic rings. The van der Waals surface area contributed by atoms with E-state index in [1.807, 2.05) is 6.08 Å². The molecule has 0 unspecified atom stereocenters. The fourth-order valence-corrected chi connectivity index (χ4v) is 3.90. The van der Waals surface area contributed by atoms with Crippen LogP contribution in [0.4, 0.5) is 0 Å². The van der Waals surface area contributed by atoms with E-state index in [1.165, 1.54) is 77.0 Å². The molecular weight excluding hydrogens is 386 g/mol. The molecule has 0 rings (SSSR count). The lowest BCUT2D eigenvalue weighted by atomic mass is 10.0. The van der Waals surface area contributed by atoms with Crippen molar-refractivity contribution in [3.8, 4) is 0 Å². The van der Waals surface area contributed by atoms with Crippen LogP contribution in [-0.4, -0.2) is 43.1 Å². The van der Waals surface area contributed by atoms with Gasteiger partial charge in [-0.1, -0.05) is 90.0 Å². The van der Waals surface area contributed by atoms with Crippen LogP contribution in [-0.2, 0) is 14.9 Å². The molecule has 0 radical (unpaired) electrons. The van der Waals surface area contributed by atoms with Crippen molar-refractivity contribution in [2.24, 2.45) is 0 Å². The van der Waals surface area contributed by atoms with Gasteiger partial charge in [0.1, 0.15) is 0 Å². The van der Waals surface area contributed by atoms with Gasteiger partial charge in [-0.3, -0.25) is 9.35 Å². The van der Waals surface area contributed by atoms with Gasteiger partial charge in [0.05, 0.1) is 5.75 Å². The summed E-state index contributed by atoms with van der Waals surface area (Å²) in [6.45, 7) is 2.76. The number of likely N-dealkylation sites (N-methyl/N-ethyl adjacent to an activating group) is 1. The van der Waals surface area contributed by atoms with E-state index in [4.69, 9.17) is 4.55 Å². The highest BCUT2D eigenvalue weighted by Crippen LogP contribution is 2.13. The van der Waals surface area contributed by atoms with E-state index >= 15 is 0 Å². The van der Waals surface area contributed by atoms with Gasteiger partial charge in [0, 0.05) is 13.6 Å². The molecule has 1 amide bonds. The Morgan fingerprint density at radius 2 is 1.28 bits per heavy atom. The van der Waals surface area contributed by atoms with Crippen molar-refractivity contribution in [3.63, 3.8) is 0 Å². The molecule has 172 valence electrons. The third-order valence-electron chi connectivity index (χ3n) is 5.26. The van der Waals surface area contributed by atoms with Gasteiger partial charge in [-0.2, -0.15) is 8.42 Å². The van der Waals surface area contributed by atoms with Crippen LogP contribution in [0.3, 0.4) is 0 Å². The van der Waals surface area contributed by atoms with Crippen molar-refractivity contribution in [2.75, 3.05) is 19.3 Å². The van der Waals surface area contributed by atoms with Crippen molar-refractivity contribution in [1.82, 2.24) is 4.90 Å². The quantitative estimate of drug-likeness (QED) is 0.142. The van der Waals surface area contributed by atoms with E-state index in [9.17, 15) is 13.2 Å². The first-order valence-electron chi connectivity index (χ1n) is 11.7. The highest BCUT2D eigenvalue weighted by molar-refractivity contribution is 7.85. The zero-order valence-electron chi connectivity index (χ0n) is 18.9. The number of carbonyl (C=O) groups is 1. The average molecular weight is 432 g/mol. The van der Waals surface area contributed by atoms with E-state index in [1.54, 1.807) is 18.0 Å². The minimum atomic E-state index is -3.90. The van der Waals surface area contributed by atoms with Crippen LogP contribution in [0.15, 0.2) is 12.2 Å². The minimum Gasteiger partial charge on any atom is -0.342 e. The minimum absolute atomic E-state index is 0.0495. The first kappa shape index (κ1) is 28.1. The Labute approximate surface area is 180 Å². The molecule has 6 heteroatoms. The Balaban J connectivity index is 3.44. The summed E-state index contributed by atoms with van der Waals surface area (Å²) in [7, 11) is -2.18. The zero-order chi connectivity index (χ0) is 21.8. The maximum atomic E-state index is 11.9. The van der Waals surface area contributed by atoms with Crippen LogP contribution in [0, 0.1) is 0 Å². The monoisotopic (exact) mass is 431 g/mol. The van der Waals surface area contributed by atoms with Gasteiger partial charge < -0.3 is 4.90 Å². The number of hydrogen-bond acceptors (Lipinski definition) is 3. The molecule has 0 saturated heterocycles. The normalized spacial score (nSPS) is 12.0. The van der Waals surface area contributed by atoms with E-state index < -0.39 is 10.1 Å². The molecule has 0 aliphatic carbocycles. The zero-order valence-corrected chi connectivity index (χ0v) is 19.7. The predicted molar refractivity (Wildman–Crippen MR) is 123 cm³/mol. The second kappa shape index (κ2) is 19.1. The maximum absolute atomic E-state index is 11.9. The summed E-state index contributed by atoms with van der Waals surface area (Å²) in [5, 5.41) is 0. The summed E-state index contributed by atoms with van der Waals surface area (Å²) in [6, 6.07) is 0. The molecular formula is C23H45NO4S. The van der Waals surface area contributed by atoms with Crippen LogP contribution >= 0.6 is 0 Å². The van der Waals surface area contributed by atoms with Crippen molar-refractivity contribution in [3.05, 3.63) is 12.2 Å². The van der Waals surface area contributed by atoms with Crippen LogP contribution in [0.1, 0.15) is 110 Å². The Morgan fingerprint density at radius 1 is 0.793 bits per heavy atom. The van der Waals surface area contributed by atoms with Crippen molar-refractivity contribution in [2.45, 2.75) is 110 Å². The molecule has 0 fully saturated rings. The second-order valence-corrected chi connectivity index (χ2v) is 9.76. The summed E-state index contributed by atoms with van der Waals surface area (Å²) in [6.07, 6.45) is 22.8. The van der Waals surface area contributed by atoms with E-state index in [2.05, 4.69) is 6.92 Å². The van der Waals surface area contributed by atoms with Crippen LogP contribution in [0.2, 0.25) is 0 Å². The molecule has 0 bridgehead atoms. The van der Waals surface area contributed by atoms with Gasteiger partial charge >= 0.3 is 0 Å². The fourth-order valence-electron chi connectivity index (χ4n) is 3.33. The Morgan fingerprint density at radius 3 is 1.76 bits per heavy atom. The first-order chi connectivity index (χ1) is 13.9. The number of rotatable bonds is 20. The Bertz CT molecular complexity index is 517. The van der Waals surface area contributed by atoms with Gasteiger partial charge in [-0.05, 0) is 31.8 Å². The summed E-state index contributed by atoms with van der Waals surface area (Å²) in [5.74, 6) is -0.296. The van der Waals surface area contributed by atoms with Crippen molar-refractivity contribution < 1.29 is 17.8 Å². The topological polar surface area (TPSA) is 74.7 Å². The van der Waals surface area contributed by atoms with E-state index in [-0.39, 0.29) is 11.7 Å². The highest BCUT2D eigenvalue weighted by Gasteiger charge is 2.07. The lowest BCUT2D eigenvalue weighted by Gasteiger charge is -2.14. The Kier molecular flexibility index (Phi) is 18.5. The van der Waals surface area contributed by atoms with Gasteiger partial charge in [0.25, 0.3) is 10.1 Å². The summed E-state index contributed by atoms with van der Waals surface area (Å²) >= 11 is 0. The van der Waals surface area contributed by atoms with Crippen LogP contribution < -0.4 is 0 Å². The number of amides is 1. The molecule has 1 N–H and O–H groups in total. The molecule has 29 heavy (non-hydrogen) atoms. The van der Waals surface area contributed by atoms with Gasteiger partial charge in [0.15, 0.2) is 0 Å². The lowest BCUT2D eigenvalue weighted by molar-refractivity contribution is -0.124. The maximum Gasteiger partial charge on any atom is 0.264 e. The van der Waals surface area contributed by atoms with Crippen LogP contribution in [0.5, 0.6) is 0 Å². The molecule has 0 aliphatic heterocycles. The third kappa shape index (κ3) is 21.6. The SMILES string of the molecule is CCCCCCCCCCCCCCC/C=C/C(=O)N(C)CCCCS(=O)(=O)O. The predicted octanol–water partition coefficient (Wildman–Crippen LogP) is 6.15. The van der Waals surface area contributed by atoms with E-state index in [0.717, 1.165) is 12.8 Å². The first-order valence-corrected chi connectivity index (χ1v) is 13.3. The average Bonchev–Trinajstić information content (AvgIpc) is 2.67. The molecule has 0 heterocycles. The molecule has 0 aromatic rings. The van der Waals surface area contributed by atoms with Gasteiger partial charge in [-0.25, -0.2) is 0 Å².